The largest absolute Gasteiger partial charge is 0.493 e. The number of H-pyrrole nitrogens is 2. The van der Waals surface area contributed by atoms with Crippen molar-refractivity contribution in [1.82, 2.24) is 14.9 Å². The van der Waals surface area contributed by atoms with Crippen molar-refractivity contribution in [2.75, 3.05) is 37.4 Å². The molecule has 6 N–H and O–H groups in total. The van der Waals surface area contributed by atoms with Gasteiger partial charge in [0.25, 0.3) is 5.91 Å². The number of ether oxygens (including phenoxy) is 1. The summed E-state index contributed by atoms with van der Waals surface area (Å²) in [6.07, 6.45) is 6.36. The highest BCUT2D eigenvalue weighted by molar-refractivity contribution is 6.00. The van der Waals surface area contributed by atoms with E-state index >= 15 is 0 Å². The van der Waals surface area contributed by atoms with E-state index in [-0.39, 0.29) is 0 Å². The Morgan fingerprint density at radius 3 is 2.86 bits per heavy atom. The van der Waals surface area contributed by atoms with E-state index in [0.717, 1.165) is 60.5 Å². The van der Waals surface area contributed by atoms with Crippen LogP contribution in [0.1, 0.15) is 35.7 Å². The first-order valence-corrected chi connectivity index (χ1v) is 12.5. The highest BCUT2D eigenvalue weighted by Gasteiger charge is 2.19. The van der Waals surface area contributed by atoms with Crippen LogP contribution in [-0.4, -0.2) is 47.5 Å². The first kappa shape index (κ1) is 24.3. The van der Waals surface area contributed by atoms with E-state index in [1.807, 2.05) is 24.4 Å². The Balaban J connectivity index is 1.44. The van der Waals surface area contributed by atoms with Crippen molar-refractivity contribution in [2.45, 2.75) is 19.8 Å². The number of carbonyl (C=O) groups is 1. The predicted molar refractivity (Wildman–Crippen MR) is 146 cm³/mol. The topological polar surface area (TPSA) is 122 Å². The predicted octanol–water partition coefficient (Wildman–Crippen LogP) is 4.47. The van der Waals surface area contributed by atoms with Gasteiger partial charge in [0.05, 0.1) is 23.7 Å². The highest BCUT2D eigenvalue weighted by Crippen LogP contribution is 2.32. The lowest BCUT2D eigenvalue weighted by atomic mass is 10.00. The molecule has 9 nitrogen and oxygen atoms in total. The highest BCUT2D eigenvalue weighted by atomic mass is 16.5. The molecule has 2 aromatic carbocycles. The van der Waals surface area contributed by atoms with Gasteiger partial charge < -0.3 is 15.8 Å². The van der Waals surface area contributed by atoms with Crippen LogP contribution in [0, 0.1) is 0 Å². The molecular formula is C28H32N7O2+. The van der Waals surface area contributed by atoms with Gasteiger partial charge in [0.1, 0.15) is 5.69 Å². The Bertz CT molecular complexity index is 1460. The number of primary amides is 1. The van der Waals surface area contributed by atoms with Crippen LogP contribution in [0.25, 0.3) is 16.6 Å². The number of para-hydroxylation sites is 1. The molecule has 0 spiro atoms. The number of hydrogen-bond donors (Lipinski definition) is 4. The smallest absolute Gasteiger partial charge is 0.351 e. The Labute approximate surface area is 215 Å². The van der Waals surface area contributed by atoms with Crippen molar-refractivity contribution in [3.8, 4) is 5.75 Å². The molecular weight excluding hydrogens is 466 g/mol. The number of anilines is 4. The first-order chi connectivity index (χ1) is 18.1. The van der Waals surface area contributed by atoms with Crippen LogP contribution in [0.15, 0.2) is 60.8 Å². The fourth-order valence-corrected chi connectivity index (χ4v) is 4.72. The van der Waals surface area contributed by atoms with Gasteiger partial charge in [-0.1, -0.05) is 36.2 Å². The number of nitrogens with zero attached hydrogens (tertiary/aromatic N) is 2. The molecule has 190 valence electrons. The molecule has 2 aromatic heterocycles. The minimum atomic E-state index is -0.509. The average molecular weight is 499 g/mol. The normalized spacial score (nSPS) is 13.8. The minimum absolute atomic E-state index is 0.391. The number of amides is 1. The zero-order valence-electron chi connectivity index (χ0n) is 21.1. The maximum Gasteiger partial charge on any atom is 0.351 e. The molecule has 0 saturated carbocycles. The standard InChI is InChI=1S/C28H31N7O2/c1-3-14-35-15-6-7-19(17-35)18-10-11-23(24(16-18)37-2)32-28-33-26-21(12-13-30-26)27(34-28)31-22-9-5-4-8-20(22)25(29)36/h4-5,7-13,16H,3,6,14-15,17H2,1-2H3,(H2,29,36)(H3,30,31,32,33,34)/p+1. The maximum atomic E-state index is 11.9. The number of hydrogen-bond acceptors (Lipinski definition) is 6. The molecule has 4 aromatic rings. The molecule has 0 unspecified atom stereocenters. The summed E-state index contributed by atoms with van der Waals surface area (Å²) < 4.78 is 5.74. The van der Waals surface area contributed by atoms with Gasteiger partial charge in [0.2, 0.25) is 11.5 Å². The Hall–Kier alpha value is -4.37. The zero-order chi connectivity index (χ0) is 25.8. The molecule has 1 aliphatic rings. The molecule has 3 heterocycles. The van der Waals surface area contributed by atoms with E-state index in [1.165, 1.54) is 5.57 Å². The van der Waals surface area contributed by atoms with Gasteiger partial charge in [0.15, 0.2) is 5.75 Å². The van der Waals surface area contributed by atoms with Crippen molar-refractivity contribution in [1.29, 1.82) is 0 Å². The van der Waals surface area contributed by atoms with Crippen LogP contribution in [-0.2, 0) is 0 Å². The third kappa shape index (κ3) is 5.26. The Kier molecular flexibility index (Phi) is 7.04. The molecule has 0 atom stereocenters. The summed E-state index contributed by atoms with van der Waals surface area (Å²) in [5.41, 5.74) is 10.6. The van der Waals surface area contributed by atoms with Crippen molar-refractivity contribution in [2.24, 2.45) is 5.73 Å². The number of nitrogens with one attached hydrogen (secondary N) is 4. The van der Waals surface area contributed by atoms with E-state index in [9.17, 15) is 4.79 Å². The van der Waals surface area contributed by atoms with E-state index in [4.69, 9.17) is 15.5 Å². The van der Waals surface area contributed by atoms with Crippen LogP contribution in [0.2, 0.25) is 0 Å². The third-order valence-electron chi connectivity index (χ3n) is 6.51. The van der Waals surface area contributed by atoms with Crippen LogP contribution in [0.3, 0.4) is 0 Å². The van der Waals surface area contributed by atoms with Gasteiger partial charge in [0, 0.05) is 19.3 Å². The van der Waals surface area contributed by atoms with E-state index < -0.39 is 5.91 Å². The number of benzene rings is 2. The third-order valence-corrected chi connectivity index (χ3v) is 6.51. The van der Waals surface area contributed by atoms with Crippen molar-refractivity contribution in [3.05, 3.63) is 71.9 Å². The van der Waals surface area contributed by atoms with Gasteiger partial charge in [-0.2, -0.15) is 0 Å². The Morgan fingerprint density at radius 1 is 1.19 bits per heavy atom. The second kappa shape index (κ2) is 10.7. The summed E-state index contributed by atoms with van der Waals surface area (Å²) in [4.78, 5) is 25.6. The summed E-state index contributed by atoms with van der Waals surface area (Å²) in [6, 6.07) is 15.2. The van der Waals surface area contributed by atoms with Gasteiger partial charge >= 0.3 is 5.95 Å². The lowest BCUT2D eigenvalue weighted by Crippen LogP contribution is -2.30. The van der Waals surface area contributed by atoms with Gasteiger partial charge in [-0.25, -0.2) is 4.98 Å². The van der Waals surface area contributed by atoms with Crippen molar-refractivity contribution in [3.63, 3.8) is 0 Å². The summed E-state index contributed by atoms with van der Waals surface area (Å²) in [5, 5.41) is 7.46. The molecule has 0 radical (unpaired) electrons. The number of carbonyl (C=O) groups excluding carboxylic acids is 1. The van der Waals surface area contributed by atoms with Crippen LogP contribution in [0.4, 0.5) is 23.1 Å². The first-order valence-electron chi connectivity index (χ1n) is 12.5. The number of nitrogens with two attached hydrogens (primary N) is 1. The van der Waals surface area contributed by atoms with E-state index in [0.29, 0.717) is 23.0 Å². The fraction of sp³-hybridized carbons (Fsp3) is 0.250. The van der Waals surface area contributed by atoms with Crippen LogP contribution >= 0.6 is 0 Å². The molecule has 37 heavy (non-hydrogen) atoms. The number of aromatic nitrogens is 3. The number of aromatic amines is 2. The zero-order valence-corrected chi connectivity index (χ0v) is 21.1. The summed E-state index contributed by atoms with van der Waals surface area (Å²) in [5.74, 6) is 1.29. The SMILES string of the molecule is CCCN1CCC=C(c2ccc(Nc3nc(Nc4ccccc4C(N)=O)c4cc[nH]c4[nH+]3)c(OC)c2)C1. The molecule has 0 fully saturated rings. The molecule has 0 saturated heterocycles. The van der Waals surface area contributed by atoms with E-state index in [1.54, 1.807) is 25.3 Å². The maximum absolute atomic E-state index is 11.9. The van der Waals surface area contributed by atoms with Gasteiger partial charge in [-0.15, -0.1) is 0 Å². The van der Waals surface area contributed by atoms with E-state index in [2.05, 4.69) is 50.6 Å². The Morgan fingerprint density at radius 2 is 2.05 bits per heavy atom. The second-order valence-electron chi connectivity index (χ2n) is 9.07. The van der Waals surface area contributed by atoms with Gasteiger partial charge in [-0.3, -0.25) is 20.0 Å². The minimum Gasteiger partial charge on any atom is -0.493 e. The molecule has 1 amide bonds. The lowest BCUT2D eigenvalue weighted by molar-refractivity contribution is -0.333. The van der Waals surface area contributed by atoms with Crippen molar-refractivity contribution >= 4 is 45.7 Å². The number of fused-ring (bicyclic) bond motifs is 1. The monoisotopic (exact) mass is 498 g/mol. The molecule has 5 rings (SSSR count). The number of rotatable bonds is 9. The van der Waals surface area contributed by atoms with Crippen LogP contribution < -0.4 is 26.1 Å². The fourth-order valence-electron chi connectivity index (χ4n) is 4.72. The molecule has 0 aliphatic carbocycles. The lowest BCUT2D eigenvalue weighted by Gasteiger charge is -2.27. The van der Waals surface area contributed by atoms with Crippen molar-refractivity contribution < 1.29 is 14.5 Å². The summed E-state index contributed by atoms with van der Waals surface area (Å²) in [6.45, 7) is 5.38. The quantitative estimate of drug-likeness (QED) is 0.270. The summed E-state index contributed by atoms with van der Waals surface area (Å²) >= 11 is 0. The number of methoxy groups -OCH3 is 1. The summed E-state index contributed by atoms with van der Waals surface area (Å²) in [7, 11) is 1.67. The molecule has 1 aliphatic heterocycles. The average Bonchev–Trinajstić information content (AvgIpc) is 3.38. The molecule has 0 bridgehead atoms. The molecule has 9 heteroatoms. The van der Waals surface area contributed by atoms with Crippen LogP contribution in [0.5, 0.6) is 5.75 Å². The van der Waals surface area contributed by atoms with Gasteiger partial charge in [-0.05, 0) is 60.9 Å². The second-order valence-corrected chi connectivity index (χ2v) is 9.07.